The number of methoxy groups -OCH3 is 1. The van der Waals surface area contributed by atoms with Crippen LogP contribution < -0.4 is 10.2 Å². The van der Waals surface area contributed by atoms with E-state index < -0.39 is 0 Å². The number of carbonyl (C=O) groups excluding carboxylic acids is 1. The van der Waals surface area contributed by atoms with Crippen LogP contribution in [0.25, 0.3) is 5.57 Å². The minimum Gasteiger partial charge on any atom is -0.504 e. The molecule has 1 aromatic carbocycles. The second-order valence-electron chi connectivity index (χ2n) is 5.66. The van der Waals surface area contributed by atoms with Crippen molar-refractivity contribution in [3.8, 4) is 5.75 Å². The Hall–Kier alpha value is -2.83. The number of oxime groups is 2. The van der Waals surface area contributed by atoms with Crippen LogP contribution in [0.2, 0.25) is 0 Å². The zero-order chi connectivity index (χ0) is 19.5. The van der Waals surface area contributed by atoms with Gasteiger partial charge in [-0.3, -0.25) is 4.79 Å². The second kappa shape index (κ2) is 10.9. The first-order valence-electron chi connectivity index (χ1n) is 8.43. The number of likely N-dealkylation sites (N-methyl/N-ethyl adjacent to an activating group) is 1. The molecule has 0 heterocycles. The average molecular weight is 361 g/mol. The average Bonchev–Trinajstić information content (AvgIpc) is 2.64. The smallest absolute Gasteiger partial charge is 0.254 e. The maximum Gasteiger partial charge on any atom is 0.254 e. The van der Waals surface area contributed by atoms with E-state index in [9.17, 15) is 4.79 Å². The lowest BCUT2D eigenvalue weighted by molar-refractivity contribution is -0.115. The molecular weight excluding hydrogens is 334 g/mol. The fraction of sp³-hybridized carbons (Fsp3) is 0.421. The van der Waals surface area contributed by atoms with Gasteiger partial charge in [0.1, 0.15) is 17.5 Å². The van der Waals surface area contributed by atoms with Gasteiger partial charge >= 0.3 is 0 Å². The molecule has 0 radical (unpaired) electrons. The summed E-state index contributed by atoms with van der Waals surface area (Å²) in [6.45, 7) is 7.55. The highest BCUT2D eigenvalue weighted by Crippen LogP contribution is 2.26. The minimum absolute atomic E-state index is 0.0148. The number of rotatable bonds is 9. The molecule has 1 amide bonds. The maximum absolute atomic E-state index is 12.1. The summed E-state index contributed by atoms with van der Waals surface area (Å²) in [6.07, 6.45) is 1.98. The molecule has 0 spiro atoms. The van der Waals surface area contributed by atoms with Crippen LogP contribution in [0.5, 0.6) is 5.75 Å². The van der Waals surface area contributed by atoms with Crippen molar-refractivity contribution in [1.82, 2.24) is 5.32 Å². The number of ether oxygens (including phenoxy) is 1. The van der Waals surface area contributed by atoms with Gasteiger partial charge in [-0.25, -0.2) is 0 Å². The Bertz CT molecular complexity index is 694. The molecule has 1 N–H and O–H groups in total. The number of hydrogen-bond donors (Lipinski definition) is 1. The van der Waals surface area contributed by atoms with Crippen LogP contribution in [-0.2, 0) is 14.4 Å². The SMILES string of the molecule is CCC(=N\Oc1ccccc1/C(=C/OC)C(=O)NC)/C(C)=N/OC(C)C. The van der Waals surface area contributed by atoms with E-state index in [0.717, 1.165) is 0 Å². The van der Waals surface area contributed by atoms with E-state index in [0.29, 0.717) is 34.7 Å². The summed E-state index contributed by atoms with van der Waals surface area (Å²) >= 11 is 0. The monoisotopic (exact) mass is 361 g/mol. The molecule has 0 aliphatic carbocycles. The van der Waals surface area contributed by atoms with Crippen molar-refractivity contribution in [3.63, 3.8) is 0 Å². The first-order chi connectivity index (χ1) is 12.4. The van der Waals surface area contributed by atoms with Crippen molar-refractivity contribution in [2.45, 2.75) is 40.2 Å². The van der Waals surface area contributed by atoms with E-state index in [1.807, 2.05) is 26.8 Å². The highest BCUT2D eigenvalue weighted by Gasteiger charge is 2.16. The topological polar surface area (TPSA) is 81.5 Å². The highest BCUT2D eigenvalue weighted by molar-refractivity contribution is 6.41. The van der Waals surface area contributed by atoms with Crippen LogP contribution in [0.15, 0.2) is 40.8 Å². The van der Waals surface area contributed by atoms with Crippen molar-refractivity contribution in [2.24, 2.45) is 10.3 Å². The van der Waals surface area contributed by atoms with E-state index >= 15 is 0 Å². The summed E-state index contributed by atoms with van der Waals surface area (Å²) < 4.78 is 5.03. The predicted octanol–water partition coefficient (Wildman–Crippen LogP) is 3.37. The van der Waals surface area contributed by atoms with E-state index in [1.165, 1.54) is 13.4 Å². The van der Waals surface area contributed by atoms with Crippen molar-refractivity contribution >= 4 is 22.9 Å². The Morgan fingerprint density at radius 2 is 1.96 bits per heavy atom. The third kappa shape index (κ3) is 6.23. The van der Waals surface area contributed by atoms with Gasteiger partial charge in [0.15, 0.2) is 5.75 Å². The molecule has 0 unspecified atom stereocenters. The highest BCUT2D eigenvalue weighted by atomic mass is 16.6. The number of para-hydroxylation sites is 1. The Morgan fingerprint density at radius 1 is 1.27 bits per heavy atom. The molecule has 0 saturated heterocycles. The lowest BCUT2D eigenvalue weighted by atomic mass is 10.1. The second-order valence-corrected chi connectivity index (χ2v) is 5.66. The predicted molar refractivity (Wildman–Crippen MR) is 103 cm³/mol. The fourth-order valence-corrected chi connectivity index (χ4v) is 1.99. The van der Waals surface area contributed by atoms with Gasteiger partial charge in [0.25, 0.3) is 5.91 Å². The molecule has 0 aliphatic rings. The number of nitrogens with zero attached hydrogens (tertiary/aromatic N) is 2. The van der Waals surface area contributed by atoms with Gasteiger partial charge in [-0.2, -0.15) is 0 Å². The minimum atomic E-state index is -0.286. The molecule has 0 bridgehead atoms. The molecule has 1 rings (SSSR count). The van der Waals surface area contributed by atoms with Gasteiger partial charge in [-0.1, -0.05) is 35.4 Å². The zero-order valence-corrected chi connectivity index (χ0v) is 16.2. The van der Waals surface area contributed by atoms with Gasteiger partial charge in [-0.05, 0) is 33.3 Å². The van der Waals surface area contributed by atoms with Gasteiger partial charge in [-0.15, -0.1) is 0 Å². The molecule has 0 aliphatic heterocycles. The number of benzene rings is 1. The fourth-order valence-electron chi connectivity index (χ4n) is 1.99. The molecule has 0 atom stereocenters. The molecule has 0 fully saturated rings. The first-order valence-corrected chi connectivity index (χ1v) is 8.43. The van der Waals surface area contributed by atoms with Gasteiger partial charge in [0, 0.05) is 12.6 Å². The molecule has 0 aromatic heterocycles. The summed E-state index contributed by atoms with van der Waals surface area (Å²) in [6, 6.07) is 7.11. The standard InChI is InChI=1S/C19H27N3O4/c1-7-17(14(4)21-25-13(2)3)22-26-18-11-9-8-10-15(18)16(12-24-6)19(23)20-5/h8-13H,7H2,1-6H3,(H,20,23)/b16-12-,21-14+,22-17+. The molecule has 7 nitrogen and oxygen atoms in total. The number of carbonyl (C=O) groups is 1. The van der Waals surface area contributed by atoms with Crippen LogP contribution in [0.4, 0.5) is 0 Å². The largest absolute Gasteiger partial charge is 0.504 e. The summed E-state index contributed by atoms with van der Waals surface area (Å²) in [5.41, 5.74) is 2.20. The maximum atomic E-state index is 12.1. The first kappa shape index (κ1) is 21.2. The molecule has 142 valence electrons. The van der Waals surface area contributed by atoms with Gasteiger partial charge in [0.2, 0.25) is 0 Å². The van der Waals surface area contributed by atoms with Crippen LogP contribution in [0.3, 0.4) is 0 Å². The lowest BCUT2D eigenvalue weighted by Gasteiger charge is -2.11. The van der Waals surface area contributed by atoms with Crippen LogP contribution in [0.1, 0.15) is 39.7 Å². The van der Waals surface area contributed by atoms with Crippen LogP contribution in [-0.4, -0.2) is 37.6 Å². The third-order valence-corrected chi connectivity index (χ3v) is 3.29. The Kier molecular flexibility index (Phi) is 8.91. The quantitative estimate of drug-likeness (QED) is 0.316. The van der Waals surface area contributed by atoms with Crippen molar-refractivity contribution in [2.75, 3.05) is 14.2 Å². The van der Waals surface area contributed by atoms with Crippen molar-refractivity contribution in [1.29, 1.82) is 0 Å². The van der Waals surface area contributed by atoms with Crippen molar-refractivity contribution in [3.05, 3.63) is 36.1 Å². The summed E-state index contributed by atoms with van der Waals surface area (Å²) in [7, 11) is 3.03. The normalized spacial score (nSPS) is 12.8. The molecule has 26 heavy (non-hydrogen) atoms. The third-order valence-electron chi connectivity index (χ3n) is 3.29. The van der Waals surface area contributed by atoms with Crippen LogP contribution >= 0.6 is 0 Å². The van der Waals surface area contributed by atoms with E-state index in [2.05, 4.69) is 15.6 Å². The molecule has 7 heteroatoms. The zero-order valence-electron chi connectivity index (χ0n) is 16.2. The Labute approximate surface area is 154 Å². The van der Waals surface area contributed by atoms with Crippen molar-refractivity contribution < 1.29 is 19.2 Å². The summed E-state index contributed by atoms with van der Waals surface area (Å²) in [4.78, 5) is 23.0. The lowest BCUT2D eigenvalue weighted by Crippen LogP contribution is -2.19. The number of hydrogen-bond acceptors (Lipinski definition) is 6. The molecule has 0 saturated carbocycles. The molecule has 1 aromatic rings. The molecular formula is C19H27N3O4. The van der Waals surface area contributed by atoms with E-state index in [1.54, 1.807) is 32.2 Å². The van der Waals surface area contributed by atoms with Gasteiger partial charge < -0.3 is 19.7 Å². The number of nitrogens with one attached hydrogen (secondary N) is 1. The Balaban J connectivity index is 3.15. The van der Waals surface area contributed by atoms with E-state index in [-0.39, 0.29) is 12.0 Å². The van der Waals surface area contributed by atoms with Gasteiger partial charge in [0.05, 0.1) is 18.9 Å². The summed E-state index contributed by atoms with van der Waals surface area (Å²) in [5.74, 6) is 0.147. The van der Waals surface area contributed by atoms with E-state index in [4.69, 9.17) is 14.4 Å². The number of amides is 1. The van der Waals surface area contributed by atoms with Crippen LogP contribution in [0, 0.1) is 0 Å². The Morgan fingerprint density at radius 3 is 2.54 bits per heavy atom. The summed E-state index contributed by atoms with van der Waals surface area (Å²) in [5, 5.41) is 10.8.